The van der Waals surface area contributed by atoms with E-state index in [4.69, 9.17) is 5.73 Å². The molecule has 0 bridgehead atoms. The van der Waals surface area contributed by atoms with Crippen molar-refractivity contribution in [2.75, 3.05) is 28.4 Å². The van der Waals surface area contributed by atoms with Crippen LogP contribution in [0.3, 0.4) is 0 Å². The summed E-state index contributed by atoms with van der Waals surface area (Å²) < 4.78 is 2.22. The highest BCUT2D eigenvalue weighted by atomic mass is 32.2. The van der Waals surface area contributed by atoms with Gasteiger partial charge in [0.1, 0.15) is 0 Å². The number of para-hydroxylation sites is 2. The van der Waals surface area contributed by atoms with Crippen molar-refractivity contribution in [2.24, 2.45) is 0 Å². The number of amides is 1. The zero-order valence-corrected chi connectivity index (χ0v) is 15.8. The van der Waals surface area contributed by atoms with Gasteiger partial charge in [-0.15, -0.1) is 0 Å². The summed E-state index contributed by atoms with van der Waals surface area (Å²) in [5, 5.41) is 6.28. The highest BCUT2D eigenvalue weighted by Gasteiger charge is 2.17. The summed E-state index contributed by atoms with van der Waals surface area (Å²) in [4.78, 5) is 13.7. The Bertz CT molecular complexity index is 802. The molecule has 26 heavy (non-hydrogen) atoms. The second-order valence-electron chi connectivity index (χ2n) is 6.45. The average Bonchev–Trinajstić information content (AvgIpc) is 3.11. The van der Waals surface area contributed by atoms with E-state index in [-0.39, 0.29) is 5.91 Å². The monoisotopic (exact) mass is 368 g/mol. The van der Waals surface area contributed by atoms with Gasteiger partial charge >= 0.3 is 0 Å². The van der Waals surface area contributed by atoms with E-state index in [1.165, 1.54) is 4.91 Å². The van der Waals surface area contributed by atoms with Crippen LogP contribution < -0.4 is 20.7 Å². The molecule has 0 unspecified atom stereocenters. The number of nitrogens with two attached hydrogens (primary N) is 1. The largest absolute Gasteiger partial charge is 0.397 e. The molecule has 0 spiro atoms. The number of hydrogen-bond acceptors (Lipinski definition) is 5. The van der Waals surface area contributed by atoms with E-state index in [0.717, 1.165) is 18.8 Å². The standard InChI is InChI=1S/C20H24N4OS/c1-14(2)22-13-17-11-12-24(26-17)16-9-7-15(8-10-16)20(25)23-19-6-4-3-5-18(19)21/h3-11,14,22H,12-13,21H2,1-2H3,(H,23,25). The molecule has 0 radical (unpaired) electrons. The maximum absolute atomic E-state index is 12.4. The van der Waals surface area contributed by atoms with E-state index < -0.39 is 0 Å². The van der Waals surface area contributed by atoms with Crippen LogP contribution in [0.15, 0.2) is 59.5 Å². The van der Waals surface area contributed by atoms with Crippen LogP contribution in [-0.4, -0.2) is 25.0 Å². The Hall–Kier alpha value is -2.44. The van der Waals surface area contributed by atoms with Gasteiger partial charge in [-0.05, 0) is 48.3 Å². The Morgan fingerprint density at radius 2 is 1.92 bits per heavy atom. The van der Waals surface area contributed by atoms with Crippen LogP contribution >= 0.6 is 11.9 Å². The number of nitrogen functional groups attached to an aromatic ring is 1. The smallest absolute Gasteiger partial charge is 0.255 e. The lowest BCUT2D eigenvalue weighted by Crippen LogP contribution is -2.24. The van der Waals surface area contributed by atoms with Gasteiger partial charge in [0.2, 0.25) is 0 Å². The molecule has 0 saturated heterocycles. The summed E-state index contributed by atoms with van der Waals surface area (Å²) in [5.41, 5.74) is 8.75. The van der Waals surface area contributed by atoms with Crippen molar-refractivity contribution in [3.05, 3.63) is 65.1 Å². The van der Waals surface area contributed by atoms with Crippen LogP contribution in [-0.2, 0) is 0 Å². The van der Waals surface area contributed by atoms with Gasteiger partial charge in [-0.2, -0.15) is 0 Å². The minimum absolute atomic E-state index is 0.163. The van der Waals surface area contributed by atoms with Gasteiger partial charge in [-0.1, -0.05) is 32.1 Å². The fourth-order valence-electron chi connectivity index (χ4n) is 2.55. The van der Waals surface area contributed by atoms with Crippen molar-refractivity contribution in [1.82, 2.24) is 5.32 Å². The average molecular weight is 369 g/mol. The molecule has 5 nitrogen and oxygen atoms in total. The lowest BCUT2D eigenvalue weighted by Gasteiger charge is -2.18. The Morgan fingerprint density at radius 1 is 1.19 bits per heavy atom. The molecule has 3 rings (SSSR count). The molecular formula is C20H24N4OS. The number of carbonyl (C=O) groups excluding carboxylic acids is 1. The third-order valence-electron chi connectivity index (χ3n) is 4.02. The third-order valence-corrected chi connectivity index (χ3v) is 5.15. The molecule has 2 aromatic rings. The van der Waals surface area contributed by atoms with Gasteiger partial charge in [0, 0.05) is 35.3 Å². The predicted molar refractivity (Wildman–Crippen MR) is 111 cm³/mol. The van der Waals surface area contributed by atoms with Crippen molar-refractivity contribution in [3.8, 4) is 0 Å². The maximum atomic E-state index is 12.4. The molecule has 1 amide bonds. The molecule has 0 aromatic heterocycles. The third kappa shape index (κ3) is 4.59. The Morgan fingerprint density at radius 3 is 2.62 bits per heavy atom. The number of carbonyl (C=O) groups is 1. The molecule has 0 saturated carbocycles. The predicted octanol–water partition coefficient (Wildman–Crippen LogP) is 3.87. The number of rotatable bonds is 6. The zero-order valence-electron chi connectivity index (χ0n) is 15.0. The van der Waals surface area contributed by atoms with Crippen LogP contribution in [0.5, 0.6) is 0 Å². The van der Waals surface area contributed by atoms with Crippen molar-refractivity contribution >= 4 is 34.9 Å². The van der Waals surface area contributed by atoms with Crippen LogP contribution in [0.25, 0.3) is 0 Å². The topological polar surface area (TPSA) is 70.4 Å². The normalized spacial score (nSPS) is 13.8. The summed E-state index contributed by atoms with van der Waals surface area (Å²) in [6.07, 6.45) is 2.23. The molecule has 6 heteroatoms. The maximum Gasteiger partial charge on any atom is 0.255 e. The number of nitrogens with one attached hydrogen (secondary N) is 2. The Balaban J connectivity index is 1.59. The van der Waals surface area contributed by atoms with Gasteiger partial charge in [0.15, 0.2) is 0 Å². The second kappa shape index (κ2) is 8.29. The van der Waals surface area contributed by atoms with Crippen molar-refractivity contribution in [1.29, 1.82) is 0 Å². The number of hydrogen-bond donors (Lipinski definition) is 3. The fourth-order valence-corrected chi connectivity index (χ4v) is 3.51. The first-order valence-electron chi connectivity index (χ1n) is 8.67. The Kier molecular flexibility index (Phi) is 5.85. The highest BCUT2D eigenvalue weighted by molar-refractivity contribution is 8.04. The summed E-state index contributed by atoms with van der Waals surface area (Å²) in [5.74, 6) is -0.163. The molecule has 1 heterocycles. The summed E-state index contributed by atoms with van der Waals surface area (Å²) in [6.45, 7) is 6.04. The minimum Gasteiger partial charge on any atom is -0.397 e. The lowest BCUT2D eigenvalue weighted by molar-refractivity contribution is 0.102. The molecule has 0 fully saturated rings. The van der Waals surface area contributed by atoms with Crippen molar-refractivity contribution in [3.63, 3.8) is 0 Å². The highest BCUT2D eigenvalue weighted by Crippen LogP contribution is 2.32. The first kappa shape index (κ1) is 18.4. The zero-order chi connectivity index (χ0) is 18.5. The molecular weight excluding hydrogens is 344 g/mol. The first-order valence-corrected chi connectivity index (χ1v) is 9.44. The molecule has 1 aliphatic rings. The minimum atomic E-state index is -0.163. The van der Waals surface area contributed by atoms with E-state index in [1.807, 2.05) is 36.4 Å². The summed E-state index contributed by atoms with van der Waals surface area (Å²) in [6, 6.07) is 15.4. The molecule has 4 N–H and O–H groups in total. The molecule has 1 aliphatic heterocycles. The summed E-state index contributed by atoms with van der Waals surface area (Å²) >= 11 is 1.74. The Labute approximate surface area is 158 Å². The van der Waals surface area contributed by atoms with Crippen LogP contribution in [0.2, 0.25) is 0 Å². The van der Waals surface area contributed by atoms with Crippen molar-refractivity contribution < 1.29 is 4.79 Å². The van der Waals surface area contributed by atoms with Crippen LogP contribution in [0, 0.1) is 0 Å². The quantitative estimate of drug-likeness (QED) is 0.533. The molecule has 136 valence electrons. The van der Waals surface area contributed by atoms with Gasteiger partial charge < -0.3 is 20.7 Å². The van der Waals surface area contributed by atoms with E-state index in [2.05, 4.69) is 34.9 Å². The number of nitrogens with zero attached hydrogens (tertiary/aromatic N) is 1. The van der Waals surface area contributed by atoms with Crippen molar-refractivity contribution in [2.45, 2.75) is 19.9 Å². The second-order valence-corrected chi connectivity index (χ2v) is 7.59. The fraction of sp³-hybridized carbons (Fsp3) is 0.250. The number of benzene rings is 2. The van der Waals surface area contributed by atoms with Gasteiger partial charge in [0.25, 0.3) is 5.91 Å². The van der Waals surface area contributed by atoms with E-state index in [0.29, 0.717) is 23.0 Å². The van der Waals surface area contributed by atoms with Crippen LogP contribution in [0.4, 0.5) is 17.1 Å². The first-order chi connectivity index (χ1) is 12.5. The van der Waals surface area contributed by atoms with E-state index in [1.54, 1.807) is 24.1 Å². The van der Waals surface area contributed by atoms with Gasteiger partial charge in [-0.25, -0.2) is 0 Å². The van der Waals surface area contributed by atoms with Gasteiger partial charge in [-0.3, -0.25) is 4.79 Å². The molecule has 0 atom stereocenters. The van der Waals surface area contributed by atoms with Gasteiger partial charge in [0.05, 0.1) is 11.4 Å². The summed E-state index contributed by atoms with van der Waals surface area (Å²) in [7, 11) is 0. The van der Waals surface area contributed by atoms with Crippen LogP contribution in [0.1, 0.15) is 24.2 Å². The SMILES string of the molecule is CC(C)NCC1=CCN(c2ccc(C(=O)Nc3ccccc3N)cc2)S1. The van der Waals surface area contributed by atoms with E-state index in [9.17, 15) is 4.79 Å². The number of anilines is 3. The molecule has 0 aliphatic carbocycles. The molecule has 2 aromatic carbocycles. The van der Waals surface area contributed by atoms with E-state index >= 15 is 0 Å². The lowest BCUT2D eigenvalue weighted by atomic mass is 10.2.